The predicted octanol–water partition coefficient (Wildman–Crippen LogP) is 6.20. The maximum atomic E-state index is 12.5. The second-order valence-corrected chi connectivity index (χ2v) is 6.41. The fourth-order valence-electron chi connectivity index (χ4n) is 2.49. The summed E-state index contributed by atoms with van der Waals surface area (Å²) in [6.45, 7) is 8.33. The molecule has 0 aliphatic heterocycles. The molecule has 0 aromatic heterocycles. The average Bonchev–Trinajstić information content (AvgIpc) is 2.60. The van der Waals surface area contributed by atoms with Gasteiger partial charge in [0.1, 0.15) is 11.2 Å². The van der Waals surface area contributed by atoms with E-state index in [0.717, 1.165) is 0 Å². The van der Waals surface area contributed by atoms with Gasteiger partial charge in [-0.15, -0.1) is 9.05 Å². The quantitative estimate of drug-likeness (QED) is 0.158. The van der Waals surface area contributed by atoms with Gasteiger partial charge in [-0.05, 0) is 49.6 Å². The second kappa shape index (κ2) is 12.1. The molecule has 0 aliphatic carbocycles. The molecule has 24 heavy (non-hydrogen) atoms. The van der Waals surface area contributed by atoms with Gasteiger partial charge in [0.25, 0.3) is 0 Å². The smallest absolute Gasteiger partial charge is 0.112 e. The van der Waals surface area contributed by atoms with Crippen LogP contribution in [0.4, 0.5) is 0 Å². The molecule has 0 amide bonds. The number of rotatable bonds is 14. The van der Waals surface area contributed by atoms with Crippen molar-refractivity contribution < 1.29 is 13.6 Å². The minimum absolute atomic E-state index is 0.283. The third-order valence-electron chi connectivity index (χ3n) is 4.58. The van der Waals surface area contributed by atoms with Crippen LogP contribution in [0.2, 0.25) is 0 Å². The lowest BCUT2D eigenvalue weighted by Crippen LogP contribution is -2.33. The second-order valence-electron chi connectivity index (χ2n) is 5.60. The van der Waals surface area contributed by atoms with Crippen LogP contribution in [0.3, 0.4) is 0 Å². The maximum Gasteiger partial charge on any atom is 0.698 e. The van der Waals surface area contributed by atoms with Gasteiger partial charge in [-0.2, -0.15) is 0 Å². The molecule has 0 saturated heterocycles. The zero-order chi connectivity index (χ0) is 18.5. The Morgan fingerprint density at radius 3 is 1.42 bits per heavy atom. The van der Waals surface area contributed by atoms with Gasteiger partial charge in [-0.25, -0.2) is 0 Å². The average molecular weight is 359 g/mol. The summed E-state index contributed by atoms with van der Waals surface area (Å²) >= 11 is 0. The molecule has 0 unspecified atom stereocenters. The van der Waals surface area contributed by atoms with Crippen molar-refractivity contribution in [2.24, 2.45) is 10.2 Å². The summed E-state index contributed by atoms with van der Waals surface area (Å²) in [4.78, 5) is 5.48. The topological polar surface area (TPSA) is 133 Å². The molecule has 9 nitrogen and oxygen atoms in total. The summed E-state index contributed by atoms with van der Waals surface area (Å²) in [6.07, 6.45) is 3.52. The Kier molecular flexibility index (Phi) is 11.4. The third kappa shape index (κ3) is 7.47. The zero-order valence-corrected chi connectivity index (χ0v) is 15.9. The lowest BCUT2D eigenvalue weighted by Gasteiger charge is -2.27. The highest BCUT2D eigenvalue weighted by Gasteiger charge is 2.44. The van der Waals surface area contributed by atoms with E-state index in [1.54, 1.807) is 0 Å². The number of hydrogen-bond acceptors (Lipinski definition) is 5. The number of nitrogens with zero attached hydrogens (tertiary/aromatic N) is 6. The van der Waals surface area contributed by atoms with E-state index >= 15 is 0 Å². The van der Waals surface area contributed by atoms with Gasteiger partial charge in [-0.1, -0.05) is 37.9 Å². The van der Waals surface area contributed by atoms with E-state index < -0.39 is 19.5 Å². The molecule has 0 aliphatic rings. The van der Waals surface area contributed by atoms with Crippen LogP contribution in [0, 0.1) is 0 Å². The summed E-state index contributed by atoms with van der Waals surface area (Å²) in [7, 11) is -2.34. The van der Waals surface area contributed by atoms with Crippen molar-refractivity contribution in [2.75, 3.05) is 13.1 Å². The van der Waals surface area contributed by atoms with Gasteiger partial charge in [0, 0.05) is 27.5 Å². The Morgan fingerprint density at radius 1 is 0.833 bits per heavy atom. The highest BCUT2D eigenvalue weighted by molar-refractivity contribution is 7.33. The lowest BCUT2D eigenvalue weighted by atomic mass is 9.94. The fourth-order valence-corrected chi connectivity index (χ4v) is 3.86. The lowest BCUT2D eigenvalue weighted by molar-refractivity contribution is -0.00227. The first-order valence-electron chi connectivity index (χ1n) is 8.34. The first-order valence-corrected chi connectivity index (χ1v) is 9.43. The van der Waals surface area contributed by atoms with E-state index in [1.165, 1.54) is 0 Å². The SMILES string of the molecule is CCC(CC)(CCN=[N+]=[N-])O[P+](=O)OC(CC)(CC)CCN=[N+]=[N-]. The Bertz CT molecular complexity index is 439. The molecule has 0 rings (SSSR count). The first-order chi connectivity index (χ1) is 11.5. The molecule has 0 heterocycles. The third-order valence-corrected chi connectivity index (χ3v) is 5.65. The Hall–Kier alpha value is -1.36. The van der Waals surface area contributed by atoms with Crippen LogP contribution in [0.1, 0.15) is 66.2 Å². The molecule has 0 aromatic rings. The maximum absolute atomic E-state index is 12.5. The fraction of sp³-hybridized carbons (Fsp3) is 1.00. The Labute approximate surface area is 144 Å². The van der Waals surface area contributed by atoms with E-state index in [1.807, 2.05) is 27.7 Å². The highest BCUT2D eigenvalue weighted by Crippen LogP contribution is 2.43. The summed E-state index contributed by atoms with van der Waals surface area (Å²) < 4.78 is 24.0. The summed E-state index contributed by atoms with van der Waals surface area (Å²) in [5, 5.41) is 7.07. The van der Waals surface area contributed by atoms with Crippen LogP contribution in [0.25, 0.3) is 20.9 Å². The van der Waals surface area contributed by atoms with Crippen LogP contribution in [-0.2, 0) is 13.6 Å². The van der Waals surface area contributed by atoms with Crippen molar-refractivity contribution in [1.29, 1.82) is 0 Å². The molecule has 136 valence electrons. The molecule has 0 N–H and O–H groups in total. The van der Waals surface area contributed by atoms with Gasteiger partial charge < -0.3 is 0 Å². The molecular weight excluding hydrogens is 331 g/mol. The Balaban J connectivity index is 5.00. The van der Waals surface area contributed by atoms with Gasteiger partial charge in [-0.3, -0.25) is 0 Å². The predicted molar refractivity (Wildman–Crippen MR) is 93.7 cm³/mol. The van der Waals surface area contributed by atoms with Gasteiger partial charge in [0.2, 0.25) is 0 Å². The molecule has 0 radical (unpaired) electrons. The molecule has 0 spiro atoms. The summed E-state index contributed by atoms with van der Waals surface area (Å²) in [6, 6.07) is 0. The van der Waals surface area contributed by atoms with E-state index in [0.29, 0.717) is 38.5 Å². The summed E-state index contributed by atoms with van der Waals surface area (Å²) in [5.41, 5.74) is 15.5. The first kappa shape index (κ1) is 22.6. The van der Waals surface area contributed by atoms with Crippen LogP contribution in [0.5, 0.6) is 0 Å². The van der Waals surface area contributed by atoms with Crippen molar-refractivity contribution >= 4 is 8.25 Å². The Morgan fingerprint density at radius 2 is 1.17 bits per heavy atom. The van der Waals surface area contributed by atoms with Gasteiger partial charge in [0.05, 0.1) is 0 Å². The van der Waals surface area contributed by atoms with Crippen LogP contribution < -0.4 is 0 Å². The van der Waals surface area contributed by atoms with E-state index in [9.17, 15) is 4.57 Å². The van der Waals surface area contributed by atoms with Crippen molar-refractivity contribution in [1.82, 2.24) is 0 Å². The zero-order valence-electron chi connectivity index (χ0n) is 15.0. The van der Waals surface area contributed by atoms with Crippen molar-refractivity contribution in [3.8, 4) is 0 Å². The minimum atomic E-state index is -2.34. The largest absolute Gasteiger partial charge is 0.698 e. The normalized spacial score (nSPS) is 12.2. The van der Waals surface area contributed by atoms with Crippen molar-refractivity contribution in [3.63, 3.8) is 0 Å². The summed E-state index contributed by atoms with van der Waals surface area (Å²) in [5.74, 6) is 0. The molecule has 0 fully saturated rings. The van der Waals surface area contributed by atoms with Crippen molar-refractivity contribution in [2.45, 2.75) is 77.4 Å². The molecule has 0 atom stereocenters. The highest BCUT2D eigenvalue weighted by atomic mass is 31.1. The van der Waals surface area contributed by atoms with Crippen molar-refractivity contribution in [3.05, 3.63) is 20.9 Å². The van der Waals surface area contributed by atoms with E-state index in [4.69, 9.17) is 20.1 Å². The molecule has 0 aromatic carbocycles. The molecular formula is C14H28N6O3P+. The van der Waals surface area contributed by atoms with E-state index in [-0.39, 0.29) is 13.1 Å². The van der Waals surface area contributed by atoms with Crippen LogP contribution >= 0.6 is 8.25 Å². The minimum Gasteiger partial charge on any atom is -0.112 e. The number of azide groups is 2. The van der Waals surface area contributed by atoms with Crippen LogP contribution in [0.15, 0.2) is 10.2 Å². The molecule has 0 bridgehead atoms. The number of hydrogen-bond donors (Lipinski definition) is 0. The molecule has 10 heteroatoms. The van der Waals surface area contributed by atoms with Crippen LogP contribution in [-0.4, -0.2) is 24.3 Å². The standard InChI is InChI=1S/C14H28N6O3P/c1-5-13(6-2,9-11-17-19-15)22-24(21)23-14(7-3,8-4)10-12-18-20-16/h5-12H2,1-4H3/q+1. The molecule has 0 saturated carbocycles. The van der Waals surface area contributed by atoms with E-state index in [2.05, 4.69) is 20.1 Å². The monoisotopic (exact) mass is 359 g/mol. The van der Waals surface area contributed by atoms with Gasteiger partial charge >= 0.3 is 8.25 Å². The van der Waals surface area contributed by atoms with Gasteiger partial charge in [0.15, 0.2) is 0 Å².